The van der Waals surface area contributed by atoms with Crippen molar-refractivity contribution in [3.05, 3.63) is 107 Å². The van der Waals surface area contributed by atoms with Crippen LogP contribution in [0.4, 0.5) is 17.6 Å². The number of rotatable bonds is 13. The van der Waals surface area contributed by atoms with Gasteiger partial charge in [0.15, 0.2) is 0 Å². The van der Waals surface area contributed by atoms with Gasteiger partial charge in [0.2, 0.25) is 5.88 Å². The molecule has 7 rings (SSSR count). The van der Waals surface area contributed by atoms with Gasteiger partial charge in [-0.3, -0.25) is 24.0 Å². The van der Waals surface area contributed by atoms with E-state index < -0.39 is 23.9 Å². The standard InChI is InChI=1S/C43H48F4N8O5/c1-27-18-33(50-52(27)3)25-55(26-34-19-28(2)53(4)51-34)35-10-8-32(9-11-35)49-40(56)39-22-31(44)23-48-41(39)59-36-7-5-6-29(20-36)38-13-12-37(60-42(57)43(45,46)47)21-30(38)24-54-14-16-58-17-15-54/h5-7,12-13,18-23,32,35H,8-11,14-17,24-26H2,1-4H3,(H,49,56)/t32-,35-. The van der Waals surface area contributed by atoms with Gasteiger partial charge in [0, 0.05) is 70.3 Å². The lowest BCUT2D eigenvalue weighted by molar-refractivity contribution is -0.189. The predicted molar refractivity (Wildman–Crippen MR) is 213 cm³/mol. The van der Waals surface area contributed by atoms with E-state index in [1.165, 1.54) is 12.1 Å². The minimum Gasteiger partial charge on any atom is -0.438 e. The van der Waals surface area contributed by atoms with Gasteiger partial charge in [0.25, 0.3) is 5.91 Å². The van der Waals surface area contributed by atoms with Crippen molar-refractivity contribution >= 4 is 11.9 Å². The van der Waals surface area contributed by atoms with E-state index in [2.05, 4.69) is 37.0 Å². The monoisotopic (exact) mass is 832 g/mol. The number of carbonyl (C=O) groups excluding carboxylic acids is 2. The van der Waals surface area contributed by atoms with Crippen LogP contribution >= 0.6 is 0 Å². The second kappa shape index (κ2) is 18.3. The predicted octanol–water partition coefficient (Wildman–Crippen LogP) is 6.81. The van der Waals surface area contributed by atoms with Gasteiger partial charge >= 0.3 is 12.1 Å². The molecular weight excluding hydrogens is 785 g/mol. The van der Waals surface area contributed by atoms with Crippen LogP contribution in [0.25, 0.3) is 11.1 Å². The number of halogens is 4. The maximum absolute atomic E-state index is 14.7. The van der Waals surface area contributed by atoms with E-state index in [1.54, 1.807) is 30.3 Å². The Hall–Kier alpha value is -5.65. The summed E-state index contributed by atoms with van der Waals surface area (Å²) in [6.45, 7) is 7.93. The Balaban J connectivity index is 1.04. The van der Waals surface area contributed by atoms with Crippen molar-refractivity contribution in [3.63, 3.8) is 0 Å². The van der Waals surface area contributed by atoms with E-state index >= 15 is 0 Å². The molecule has 13 nitrogen and oxygen atoms in total. The third-order valence-electron chi connectivity index (χ3n) is 11.0. The summed E-state index contributed by atoms with van der Waals surface area (Å²) in [5.74, 6) is -3.57. The van der Waals surface area contributed by atoms with Crippen molar-refractivity contribution in [1.29, 1.82) is 0 Å². The molecule has 0 bridgehead atoms. The Morgan fingerprint density at radius 1 is 0.883 bits per heavy atom. The van der Waals surface area contributed by atoms with Crippen molar-refractivity contribution < 1.29 is 41.4 Å². The van der Waals surface area contributed by atoms with E-state index in [1.807, 2.05) is 37.3 Å². The summed E-state index contributed by atoms with van der Waals surface area (Å²) < 4.78 is 73.7. The Morgan fingerprint density at radius 2 is 1.55 bits per heavy atom. The number of amides is 1. The molecule has 17 heteroatoms. The van der Waals surface area contributed by atoms with Crippen LogP contribution in [-0.4, -0.2) is 90.8 Å². The molecule has 60 heavy (non-hydrogen) atoms. The fourth-order valence-electron chi connectivity index (χ4n) is 7.72. The van der Waals surface area contributed by atoms with Gasteiger partial charge in [-0.1, -0.05) is 18.2 Å². The Morgan fingerprint density at radius 3 is 2.17 bits per heavy atom. The van der Waals surface area contributed by atoms with Crippen LogP contribution in [0.5, 0.6) is 17.4 Å². The highest BCUT2D eigenvalue weighted by Crippen LogP contribution is 2.34. The lowest BCUT2D eigenvalue weighted by Gasteiger charge is -2.36. The number of hydrogen-bond donors (Lipinski definition) is 1. The molecular formula is C43H48F4N8O5. The van der Waals surface area contributed by atoms with Crippen LogP contribution in [0, 0.1) is 19.7 Å². The maximum atomic E-state index is 14.7. The van der Waals surface area contributed by atoms with Gasteiger partial charge in [0.05, 0.1) is 30.8 Å². The number of nitrogens with one attached hydrogen (secondary N) is 1. The molecule has 0 radical (unpaired) electrons. The molecule has 1 N–H and O–H groups in total. The Bertz CT molecular complexity index is 2230. The van der Waals surface area contributed by atoms with Gasteiger partial charge in [-0.05, 0) is 98.7 Å². The number of hydrogen-bond acceptors (Lipinski definition) is 10. The summed E-state index contributed by atoms with van der Waals surface area (Å²) in [6, 6.07) is 16.5. The Labute approximate surface area is 345 Å². The third-order valence-corrected chi connectivity index (χ3v) is 11.0. The maximum Gasteiger partial charge on any atom is 0.491 e. The van der Waals surface area contributed by atoms with Gasteiger partial charge in [-0.15, -0.1) is 0 Å². The first-order chi connectivity index (χ1) is 28.7. The van der Waals surface area contributed by atoms with Crippen LogP contribution < -0.4 is 14.8 Å². The molecule has 1 amide bonds. The van der Waals surface area contributed by atoms with Crippen molar-refractivity contribution in [2.45, 2.75) is 77.4 Å². The zero-order valence-electron chi connectivity index (χ0n) is 34.0. The number of esters is 1. The fourth-order valence-corrected chi connectivity index (χ4v) is 7.72. The van der Waals surface area contributed by atoms with Crippen LogP contribution in [0.3, 0.4) is 0 Å². The normalized spacial score (nSPS) is 17.5. The van der Waals surface area contributed by atoms with Gasteiger partial charge in [0.1, 0.15) is 22.9 Å². The van der Waals surface area contributed by atoms with E-state index in [-0.39, 0.29) is 35.0 Å². The summed E-state index contributed by atoms with van der Waals surface area (Å²) in [4.78, 5) is 34.0. The molecule has 0 unspecified atom stereocenters. The van der Waals surface area contributed by atoms with E-state index in [4.69, 9.17) is 19.7 Å². The molecule has 5 aromatic rings. The second-order valence-corrected chi connectivity index (χ2v) is 15.4. The molecule has 1 saturated heterocycles. The number of aryl methyl sites for hydroxylation is 4. The van der Waals surface area contributed by atoms with Crippen molar-refractivity contribution in [3.8, 4) is 28.5 Å². The zero-order chi connectivity index (χ0) is 42.6. The highest BCUT2D eigenvalue weighted by atomic mass is 19.4. The van der Waals surface area contributed by atoms with Gasteiger partial charge < -0.3 is 19.5 Å². The van der Waals surface area contributed by atoms with Crippen molar-refractivity contribution in [2.75, 3.05) is 26.3 Å². The van der Waals surface area contributed by atoms with E-state index in [9.17, 15) is 27.2 Å². The smallest absolute Gasteiger partial charge is 0.438 e. The van der Waals surface area contributed by atoms with Gasteiger partial charge in [-0.25, -0.2) is 14.2 Å². The van der Waals surface area contributed by atoms with Crippen LogP contribution in [0.1, 0.15) is 64.4 Å². The molecule has 0 spiro atoms. The second-order valence-electron chi connectivity index (χ2n) is 15.4. The number of aromatic nitrogens is 5. The topological polar surface area (TPSA) is 129 Å². The molecule has 4 heterocycles. The first kappa shape index (κ1) is 42.5. The molecule has 3 aromatic heterocycles. The Kier molecular flexibility index (Phi) is 13.0. The lowest BCUT2D eigenvalue weighted by Crippen LogP contribution is -2.43. The number of morpholine rings is 1. The largest absolute Gasteiger partial charge is 0.491 e. The first-order valence-electron chi connectivity index (χ1n) is 19.9. The number of carbonyl (C=O) groups is 2. The summed E-state index contributed by atoms with van der Waals surface area (Å²) in [7, 11) is 3.86. The first-order valence-corrected chi connectivity index (χ1v) is 19.9. The van der Waals surface area contributed by atoms with E-state index in [0.717, 1.165) is 47.9 Å². The molecule has 0 atom stereocenters. The molecule has 1 aliphatic heterocycles. The number of benzene rings is 2. The van der Waals surface area contributed by atoms with Crippen molar-refractivity contribution in [2.24, 2.45) is 14.1 Å². The fraction of sp³-hybridized carbons (Fsp3) is 0.419. The lowest BCUT2D eigenvalue weighted by atomic mass is 9.89. The van der Waals surface area contributed by atoms with Crippen LogP contribution in [0.2, 0.25) is 0 Å². The molecule has 2 aromatic carbocycles. The summed E-state index contributed by atoms with van der Waals surface area (Å²) in [5, 5.41) is 12.5. The number of ether oxygens (including phenoxy) is 3. The summed E-state index contributed by atoms with van der Waals surface area (Å²) in [6.07, 6.45) is -1.13. The number of nitrogens with zero attached hydrogens (tertiary/aromatic N) is 7. The molecule has 1 saturated carbocycles. The zero-order valence-corrected chi connectivity index (χ0v) is 34.0. The molecule has 1 aliphatic carbocycles. The average molecular weight is 833 g/mol. The van der Waals surface area contributed by atoms with Crippen molar-refractivity contribution in [1.82, 2.24) is 39.7 Å². The highest BCUT2D eigenvalue weighted by molar-refractivity contribution is 5.96. The van der Waals surface area contributed by atoms with E-state index in [0.29, 0.717) is 75.5 Å². The molecule has 2 aliphatic rings. The minimum atomic E-state index is -5.15. The van der Waals surface area contributed by atoms with Crippen LogP contribution in [-0.2, 0) is 43.3 Å². The molecule has 318 valence electrons. The average Bonchev–Trinajstić information content (AvgIpc) is 3.71. The van der Waals surface area contributed by atoms with Crippen LogP contribution in [0.15, 0.2) is 66.9 Å². The number of pyridine rings is 1. The molecule has 2 fully saturated rings. The SMILES string of the molecule is Cc1cc(CN(Cc2cc(C)n(C)n2)[C@H]2CC[C@H](NC(=O)c3cc(F)cnc3Oc3cccc(-c4ccc(OC(=O)C(F)(F)F)cc4CN4CCOCC4)c3)CC2)nn1C. The van der Waals surface area contributed by atoms with Gasteiger partial charge in [-0.2, -0.15) is 23.4 Å². The number of alkyl halides is 3. The summed E-state index contributed by atoms with van der Waals surface area (Å²) in [5.41, 5.74) is 5.95. The quantitative estimate of drug-likeness (QED) is 0.0768. The highest BCUT2D eigenvalue weighted by Gasteiger charge is 2.41. The third kappa shape index (κ3) is 10.6. The minimum absolute atomic E-state index is 0.0657. The summed E-state index contributed by atoms with van der Waals surface area (Å²) >= 11 is 0.